The lowest BCUT2D eigenvalue weighted by Gasteiger charge is -2.17. The van der Waals surface area contributed by atoms with Gasteiger partial charge in [-0.2, -0.15) is 5.26 Å². The molecule has 0 saturated heterocycles. The highest BCUT2D eigenvalue weighted by atomic mass is 79.9. The van der Waals surface area contributed by atoms with Crippen molar-refractivity contribution in [2.75, 3.05) is 30.4 Å². The van der Waals surface area contributed by atoms with Gasteiger partial charge in [-0.1, -0.05) is 27.7 Å². The van der Waals surface area contributed by atoms with Crippen LogP contribution in [0.4, 0.5) is 11.5 Å². The van der Waals surface area contributed by atoms with Gasteiger partial charge in [-0.25, -0.2) is 9.97 Å². The van der Waals surface area contributed by atoms with E-state index in [0.717, 1.165) is 21.8 Å². The molecule has 8 nitrogen and oxygen atoms in total. The van der Waals surface area contributed by atoms with E-state index < -0.39 is 0 Å². The molecule has 0 unspecified atom stereocenters. The van der Waals surface area contributed by atoms with Gasteiger partial charge in [0.2, 0.25) is 11.8 Å². The highest BCUT2D eigenvalue weighted by Gasteiger charge is 2.15. The quantitative estimate of drug-likeness (QED) is 0.512. The molecule has 0 saturated carbocycles. The maximum atomic E-state index is 12.2. The molecule has 1 heterocycles. The lowest BCUT2D eigenvalue weighted by molar-refractivity contribution is -0.131. The van der Waals surface area contributed by atoms with E-state index in [9.17, 15) is 9.59 Å². The average molecular weight is 449 g/mol. The highest BCUT2D eigenvalue weighted by Crippen LogP contribution is 2.20. The molecule has 1 aromatic heterocycles. The lowest BCUT2D eigenvalue weighted by Crippen LogP contribution is -2.36. The van der Waals surface area contributed by atoms with Crippen LogP contribution in [0.3, 0.4) is 0 Å². The number of rotatable bonds is 6. The SMILES string of the molecule is Cc1cc(Br)ccc1NC(=O)CN(C)C(=O)CSc1ncc(C#N)c(N)n1. The van der Waals surface area contributed by atoms with E-state index in [1.807, 2.05) is 25.1 Å². The van der Waals surface area contributed by atoms with Crippen LogP contribution in [-0.4, -0.2) is 46.0 Å². The van der Waals surface area contributed by atoms with Gasteiger partial charge in [0.05, 0.1) is 18.5 Å². The summed E-state index contributed by atoms with van der Waals surface area (Å²) in [5, 5.41) is 11.9. The molecule has 2 aromatic rings. The number of nitrogen functional groups attached to an aromatic ring is 1. The number of carbonyl (C=O) groups is 2. The molecule has 0 spiro atoms. The molecule has 2 rings (SSSR count). The second kappa shape index (κ2) is 9.34. The van der Waals surface area contributed by atoms with Crippen molar-refractivity contribution in [2.45, 2.75) is 12.1 Å². The predicted molar refractivity (Wildman–Crippen MR) is 107 cm³/mol. The first-order valence-corrected chi connectivity index (χ1v) is 9.53. The minimum absolute atomic E-state index is 0.0480. The summed E-state index contributed by atoms with van der Waals surface area (Å²) in [6.45, 7) is 1.81. The summed E-state index contributed by atoms with van der Waals surface area (Å²) in [5.74, 6) is -0.429. The molecule has 0 aliphatic carbocycles. The van der Waals surface area contributed by atoms with Crippen LogP contribution in [0.5, 0.6) is 0 Å². The standard InChI is InChI=1S/C17H17BrN6O2S/c1-10-5-12(18)3-4-13(10)22-14(25)8-24(2)15(26)9-27-17-21-7-11(6-19)16(20)23-17/h3-5,7H,8-9H2,1-2H3,(H,22,25)(H2,20,21,23). The number of nitrogens with one attached hydrogen (secondary N) is 1. The van der Waals surface area contributed by atoms with Crippen LogP contribution in [-0.2, 0) is 9.59 Å². The Balaban J connectivity index is 1.86. The number of amides is 2. The Hall–Kier alpha value is -2.64. The van der Waals surface area contributed by atoms with E-state index in [1.165, 1.54) is 11.1 Å². The van der Waals surface area contributed by atoms with Gasteiger partial charge in [0.15, 0.2) is 5.16 Å². The third-order valence-electron chi connectivity index (χ3n) is 3.51. The zero-order chi connectivity index (χ0) is 20.0. The van der Waals surface area contributed by atoms with E-state index >= 15 is 0 Å². The fraction of sp³-hybridized carbons (Fsp3) is 0.235. The van der Waals surface area contributed by atoms with Crippen LogP contribution in [0, 0.1) is 18.3 Å². The number of aryl methyl sites for hydroxylation is 1. The number of anilines is 2. The van der Waals surface area contributed by atoms with Crippen molar-refractivity contribution in [2.24, 2.45) is 0 Å². The molecule has 0 bridgehead atoms. The molecule has 0 atom stereocenters. The molecule has 10 heteroatoms. The first-order chi connectivity index (χ1) is 12.8. The number of thioether (sulfide) groups is 1. The van der Waals surface area contributed by atoms with Gasteiger partial charge >= 0.3 is 0 Å². The van der Waals surface area contributed by atoms with Crippen LogP contribution < -0.4 is 11.1 Å². The molecular formula is C17H17BrN6O2S. The summed E-state index contributed by atoms with van der Waals surface area (Å²) >= 11 is 4.45. The van der Waals surface area contributed by atoms with Gasteiger partial charge in [-0.05, 0) is 30.7 Å². The first-order valence-electron chi connectivity index (χ1n) is 7.75. The minimum Gasteiger partial charge on any atom is -0.382 e. The van der Waals surface area contributed by atoms with Gasteiger partial charge in [-0.15, -0.1) is 0 Å². The Kier molecular flexibility index (Phi) is 7.15. The van der Waals surface area contributed by atoms with Crippen molar-refractivity contribution in [3.05, 3.63) is 40.0 Å². The molecule has 27 heavy (non-hydrogen) atoms. The Morgan fingerprint density at radius 1 is 1.44 bits per heavy atom. The molecule has 0 aliphatic heterocycles. The third-order valence-corrected chi connectivity index (χ3v) is 4.85. The van der Waals surface area contributed by atoms with Crippen molar-refractivity contribution >= 4 is 51.0 Å². The number of hydrogen-bond acceptors (Lipinski definition) is 7. The predicted octanol–water partition coefficient (Wildman–Crippen LogP) is 2.19. The third kappa shape index (κ3) is 5.94. The summed E-state index contributed by atoms with van der Waals surface area (Å²) in [7, 11) is 1.55. The number of carbonyl (C=O) groups excluding carboxylic acids is 2. The molecule has 3 N–H and O–H groups in total. The number of likely N-dealkylation sites (N-methyl/N-ethyl adjacent to an activating group) is 1. The minimum atomic E-state index is -0.292. The number of benzene rings is 1. The van der Waals surface area contributed by atoms with Crippen LogP contribution in [0.2, 0.25) is 0 Å². The monoisotopic (exact) mass is 448 g/mol. The van der Waals surface area contributed by atoms with Crippen molar-refractivity contribution in [1.29, 1.82) is 5.26 Å². The van der Waals surface area contributed by atoms with Crippen LogP contribution >= 0.6 is 27.7 Å². The zero-order valence-corrected chi connectivity index (χ0v) is 17.1. The molecule has 2 amide bonds. The number of nitrogens with two attached hydrogens (primary N) is 1. The number of nitriles is 1. The summed E-state index contributed by atoms with van der Waals surface area (Å²) in [5.41, 5.74) is 7.41. The highest BCUT2D eigenvalue weighted by molar-refractivity contribution is 9.10. The van der Waals surface area contributed by atoms with Crippen LogP contribution in [0.25, 0.3) is 0 Å². The Bertz CT molecular complexity index is 915. The maximum absolute atomic E-state index is 12.2. The second-order valence-corrected chi connectivity index (χ2v) is 7.47. The van der Waals surface area contributed by atoms with Gasteiger partial charge < -0.3 is 16.0 Å². The second-order valence-electron chi connectivity index (χ2n) is 5.61. The van der Waals surface area contributed by atoms with Crippen LogP contribution in [0.15, 0.2) is 34.0 Å². The maximum Gasteiger partial charge on any atom is 0.243 e. The van der Waals surface area contributed by atoms with Gasteiger partial charge in [-0.3, -0.25) is 9.59 Å². The van der Waals surface area contributed by atoms with Crippen molar-refractivity contribution in [1.82, 2.24) is 14.9 Å². The average Bonchev–Trinajstić information content (AvgIpc) is 2.62. The van der Waals surface area contributed by atoms with E-state index in [2.05, 4.69) is 31.2 Å². The Morgan fingerprint density at radius 3 is 2.81 bits per heavy atom. The number of hydrogen-bond donors (Lipinski definition) is 2. The van der Waals surface area contributed by atoms with Gasteiger partial charge in [0.1, 0.15) is 17.5 Å². The normalized spacial score (nSPS) is 10.1. The Morgan fingerprint density at radius 2 is 2.19 bits per heavy atom. The van der Waals surface area contributed by atoms with Crippen LogP contribution in [0.1, 0.15) is 11.1 Å². The van der Waals surface area contributed by atoms with Gasteiger partial charge in [0, 0.05) is 17.2 Å². The molecular weight excluding hydrogens is 432 g/mol. The fourth-order valence-corrected chi connectivity index (χ4v) is 3.27. The van der Waals surface area contributed by atoms with E-state index in [-0.39, 0.29) is 35.5 Å². The number of nitrogens with zero attached hydrogens (tertiary/aromatic N) is 4. The molecule has 140 valence electrons. The molecule has 0 radical (unpaired) electrons. The lowest BCUT2D eigenvalue weighted by atomic mass is 10.2. The fourth-order valence-electron chi connectivity index (χ4n) is 2.03. The summed E-state index contributed by atoms with van der Waals surface area (Å²) in [4.78, 5) is 33.6. The molecule has 0 aliphatic rings. The zero-order valence-electron chi connectivity index (χ0n) is 14.7. The summed E-state index contributed by atoms with van der Waals surface area (Å²) < 4.78 is 0.924. The van der Waals surface area contributed by atoms with Crippen molar-refractivity contribution in [3.8, 4) is 6.07 Å². The molecule has 0 fully saturated rings. The van der Waals surface area contributed by atoms with Crippen molar-refractivity contribution in [3.63, 3.8) is 0 Å². The Labute approximate surface area is 169 Å². The molecule has 1 aromatic carbocycles. The largest absolute Gasteiger partial charge is 0.382 e. The van der Waals surface area contributed by atoms with E-state index in [4.69, 9.17) is 11.0 Å². The van der Waals surface area contributed by atoms with Crippen molar-refractivity contribution < 1.29 is 9.59 Å². The summed E-state index contributed by atoms with van der Waals surface area (Å²) in [6, 6.07) is 7.39. The topological polar surface area (TPSA) is 125 Å². The smallest absolute Gasteiger partial charge is 0.243 e. The number of aromatic nitrogens is 2. The number of halogens is 1. The summed E-state index contributed by atoms with van der Waals surface area (Å²) in [6.07, 6.45) is 1.31. The van der Waals surface area contributed by atoms with E-state index in [0.29, 0.717) is 10.8 Å². The first kappa shape index (κ1) is 20.7. The van der Waals surface area contributed by atoms with Gasteiger partial charge in [0.25, 0.3) is 0 Å². The van der Waals surface area contributed by atoms with E-state index in [1.54, 1.807) is 13.1 Å².